The minimum absolute atomic E-state index is 0.212. The van der Waals surface area contributed by atoms with Crippen LogP contribution in [0, 0.1) is 0 Å². The van der Waals surface area contributed by atoms with Crippen molar-refractivity contribution in [3.63, 3.8) is 0 Å². The molecular weight excluding hydrogens is 102 g/mol. The molecule has 0 bridgehead atoms. The fourth-order valence-electron chi connectivity index (χ4n) is 1.03. The monoisotopic (exact) mass is 111 g/mol. The third kappa shape index (κ3) is 0.457. The predicted octanol–water partition coefficient (Wildman–Crippen LogP) is 0.968. The Morgan fingerprint density at radius 1 is 1.62 bits per heavy atom. The van der Waals surface area contributed by atoms with Crippen molar-refractivity contribution in [3.05, 3.63) is 0 Å². The third-order valence-electron chi connectivity index (χ3n) is 1.76. The van der Waals surface area contributed by atoms with Crippen LogP contribution >= 0.6 is 0 Å². The maximum Gasteiger partial charge on any atom is 0.180 e. The summed E-state index contributed by atoms with van der Waals surface area (Å²) >= 11 is 0. The van der Waals surface area contributed by atoms with Crippen LogP contribution in [0.5, 0.6) is 0 Å². The minimum Gasteiger partial charge on any atom is -0.473 e. The van der Waals surface area contributed by atoms with Crippen LogP contribution in [0.4, 0.5) is 0 Å². The zero-order chi connectivity index (χ0) is 5.61. The van der Waals surface area contributed by atoms with Crippen LogP contribution < -0.4 is 0 Å². The Labute approximate surface area is 48.6 Å². The van der Waals surface area contributed by atoms with Gasteiger partial charge >= 0.3 is 0 Å². The highest BCUT2D eigenvalue weighted by molar-refractivity contribution is 5.75. The van der Waals surface area contributed by atoms with Gasteiger partial charge in [-0.3, -0.25) is 4.99 Å². The van der Waals surface area contributed by atoms with Gasteiger partial charge in [-0.05, 0) is 12.8 Å². The molecule has 1 heterocycles. The summed E-state index contributed by atoms with van der Waals surface area (Å²) in [5.41, 5.74) is 0.212. The number of rotatable bonds is 0. The van der Waals surface area contributed by atoms with Crippen molar-refractivity contribution in [2.24, 2.45) is 4.99 Å². The average molecular weight is 111 g/mol. The lowest BCUT2D eigenvalue weighted by Gasteiger charge is -2.03. The molecular formula is C6H9NO. The van der Waals surface area contributed by atoms with Crippen LogP contribution in [-0.2, 0) is 4.74 Å². The molecule has 0 saturated heterocycles. The number of aliphatic imine (C=N–C) groups is 1. The summed E-state index contributed by atoms with van der Waals surface area (Å²) in [6, 6.07) is 0. The SMILES string of the molecule is CC1=NCC2(CC2)O1. The number of ether oxygens (including phenoxy) is 1. The first-order chi connectivity index (χ1) is 3.81. The lowest BCUT2D eigenvalue weighted by atomic mass is 10.4. The third-order valence-corrected chi connectivity index (χ3v) is 1.76. The standard InChI is InChI=1S/C6H9NO/c1-5-7-4-6(8-5)2-3-6/h2-4H2,1H3. The van der Waals surface area contributed by atoms with Crippen LogP contribution in [0.2, 0.25) is 0 Å². The molecule has 2 rings (SSSR count). The van der Waals surface area contributed by atoms with Crippen molar-refractivity contribution in [3.8, 4) is 0 Å². The second-order valence-corrected chi connectivity index (χ2v) is 2.62. The summed E-state index contributed by atoms with van der Waals surface area (Å²) < 4.78 is 5.41. The topological polar surface area (TPSA) is 21.6 Å². The van der Waals surface area contributed by atoms with E-state index in [-0.39, 0.29) is 5.60 Å². The number of hydrogen-bond donors (Lipinski definition) is 0. The zero-order valence-electron chi connectivity index (χ0n) is 4.98. The van der Waals surface area contributed by atoms with Gasteiger partial charge in [0.1, 0.15) is 5.60 Å². The van der Waals surface area contributed by atoms with Crippen LogP contribution in [0.25, 0.3) is 0 Å². The molecule has 0 atom stereocenters. The van der Waals surface area contributed by atoms with E-state index >= 15 is 0 Å². The molecule has 8 heavy (non-hydrogen) atoms. The van der Waals surface area contributed by atoms with Gasteiger partial charge in [-0.15, -0.1) is 0 Å². The largest absolute Gasteiger partial charge is 0.473 e. The Morgan fingerprint density at radius 2 is 2.38 bits per heavy atom. The fraction of sp³-hybridized carbons (Fsp3) is 0.833. The van der Waals surface area contributed by atoms with Crippen molar-refractivity contribution in [2.45, 2.75) is 25.4 Å². The molecule has 1 aliphatic carbocycles. The van der Waals surface area contributed by atoms with Gasteiger partial charge in [0, 0.05) is 6.92 Å². The van der Waals surface area contributed by atoms with E-state index < -0.39 is 0 Å². The van der Waals surface area contributed by atoms with E-state index in [2.05, 4.69) is 4.99 Å². The van der Waals surface area contributed by atoms with Crippen molar-refractivity contribution in [1.29, 1.82) is 0 Å². The molecule has 44 valence electrons. The van der Waals surface area contributed by atoms with Gasteiger partial charge in [0.25, 0.3) is 0 Å². The van der Waals surface area contributed by atoms with Crippen LogP contribution in [0.15, 0.2) is 4.99 Å². The van der Waals surface area contributed by atoms with Crippen molar-refractivity contribution in [2.75, 3.05) is 6.54 Å². The van der Waals surface area contributed by atoms with Gasteiger partial charge in [-0.2, -0.15) is 0 Å². The van der Waals surface area contributed by atoms with Gasteiger partial charge in [0.15, 0.2) is 5.90 Å². The molecule has 0 aromatic heterocycles. The molecule has 0 amide bonds. The molecule has 1 saturated carbocycles. The Bertz CT molecular complexity index is 147. The van der Waals surface area contributed by atoms with Crippen molar-refractivity contribution >= 4 is 5.90 Å². The summed E-state index contributed by atoms with van der Waals surface area (Å²) in [6.45, 7) is 2.84. The Kier molecular flexibility index (Phi) is 0.581. The van der Waals surface area contributed by atoms with Gasteiger partial charge < -0.3 is 4.74 Å². The summed E-state index contributed by atoms with van der Waals surface area (Å²) in [4.78, 5) is 4.15. The summed E-state index contributed by atoms with van der Waals surface area (Å²) in [6.07, 6.45) is 2.43. The molecule has 0 aromatic carbocycles. The highest BCUT2D eigenvalue weighted by atomic mass is 16.5. The van der Waals surface area contributed by atoms with E-state index in [1.54, 1.807) is 0 Å². The first-order valence-electron chi connectivity index (χ1n) is 3.01. The lowest BCUT2D eigenvalue weighted by Crippen LogP contribution is -2.11. The van der Waals surface area contributed by atoms with Crippen molar-refractivity contribution in [1.82, 2.24) is 0 Å². The molecule has 0 unspecified atom stereocenters. The number of nitrogens with zero attached hydrogens (tertiary/aromatic N) is 1. The van der Waals surface area contributed by atoms with Crippen molar-refractivity contribution < 1.29 is 4.74 Å². The smallest absolute Gasteiger partial charge is 0.180 e. The lowest BCUT2D eigenvalue weighted by molar-refractivity contribution is 0.200. The van der Waals surface area contributed by atoms with E-state index in [9.17, 15) is 0 Å². The maximum absolute atomic E-state index is 5.41. The van der Waals surface area contributed by atoms with E-state index in [1.165, 1.54) is 12.8 Å². The Morgan fingerprint density at radius 3 is 2.62 bits per heavy atom. The molecule has 2 nitrogen and oxygen atoms in total. The van der Waals surface area contributed by atoms with Crippen LogP contribution in [0.1, 0.15) is 19.8 Å². The maximum atomic E-state index is 5.41. The minimum atomic E-state index is 0.212. The molecule has 2 heteroatoms. The zero-order valence-corrected chi connectivity index (χ0v) is 4.98. The molecule has 1 spiro atoms. The van der Waals surface area contributed by atoms with Gasteiger partial charge in [0.2, 0.25) is 0 Å². The second kappa shape index (κ2) is 1.07. The molecule has 1 fully saturated rings. The average Bonchev–Trinajstić information content (AvgIpc) is 2.34. The van der Waals surface area contributed by atoms with E-state index in [1.807, 2.05) is 6.92 Å². The number of hydrogen-bond acceptors (Lipinski definition) is 2. The molecule has 0 N–H and O–H groups in total. The van der Waals surface area contributed by atoms with Crippen LogP contribution in [0.3, 0.4) is 0 Å². The normalized spacial score (nSPS) is 29.9. The quantitative estimate of drug-likeness (QED) is 0.456. The first kappa shape index (κ1) is 4.36. The van der Waals surface area contributed by atoms with E-state index in [0.29, 0.717) is 0 Å². The summed E-state index contributed by atoms with van der Waals surface area (Å²) in [5.74, 6) is 0.877. The molecule has 1 aliphatic heterocycles. The fourth-order valence-corrected chi connectivity index (χ4v) is 1.03. The summed E-state index contributed by atoms with van der Waals surface area (Å²) in [7, 11) is 0. The highest BCUT2D eigenvalue weighted by Gasteiger charge is 2.48. The first-order valence-corrected chi connectivity index (χ1v) is 3.01. The molecule has 2 aliphatic rings. The Hall–Kier alpha value is -0.530. The van der Waals surface area contributed by atoms with Gasteiger partial charge in [0.05, 0.1) is 6.54 Å². The molecule has 0 radical (unpaired) electrons. The summed E-state index contributed by atoms with van der Waals surface area (Å²) in [5, 5.41) is 0. The predicted molar refractivity (Wildman–Crippen MR) is 31.0 cm³/mol. The van der Waals surface area contributed by atoms with Crippen LogP contribution in [-0.4, -0.2) is 18.0 Å². The Balaban J connectivity index is 2.12. The van der Waals surface area contributed by atoms with Gasteiger partial charge in [-0.1, -0.05) is 0 Å². The van der Waals surface area contributed by atoms with Gasteiger partial charge in [-0.25, -0.2) is 0 Å². The van der Waals surface area contributed by atoms with E-state index in [0.717, 1.165) is 12.4 Å². The molecule has 0 aromatic rings. The second-order valence-electron chi connectivity index (χ2n) is 2.62. The van der Waals surface area contributed by atoms with E-state index in [4.69, 9.17) is 4.74 Å². The highest BCUT2D eigenvalue weighted by Crippen LogP contribution is 2.42.